The van der Waals surface area contributed by atoms with Crippen molar-refractivity contribution in [3.63, 3.8) is 0 Å². The Morgan fingerprint density at radius 1 is 1.24 bits per heavy atom. The first-order valence-corrected chi connectivity index (χ1v) is 8.10. The van der Waals surface area contributed by atoms with Crippen LogP contribution in [0.25, 0.3) is 0 Å². The summed E-state index contributed by atoms with van der Waals surface area (Å²) in [5.41, 5.74) is 0.875. The predicted molar refractivity (Wildman–Crippen MR) is 85.7 cm³/mol. The Balaban J connectivity index is 2.50. The number of hydrogen-bond acceptors (Lipinski definition) is 3. The second-order valence-electron chi connectivity index (χ2n) is 4.76. The first-order valence-electron chi connectivity index (χ1n) is 6.94. The first kappa shape index (κ1) is 17.4. The van der Waals surface area contributed by atoms with Gasteiger partial charge in [0.25, 0.3) is 0 Å². The molecule has 116 valence electrons. The number of nitrogens with one attached hydrogen (secondary N) is 2. The summed E-state index contributed by atoms with van der Waals surface area (Å²) < 4.78 is 0. The molecule has 1 aromatic rings. The highest BCUT2D eigenvalue weighted by Crippen LogP contribution is 2.04. The summed E-state index contributed by atoms with van der Waals surface area (Å²) in [7, 11) is 0. The molecule has 6 heteroatoms. The molecule has 1 aromatic carbocycles. The maximum atomic E-state index is 11.8. The third-order valence-corrected chi connectivity index (χ3v) is 3.98. The zero-order valence-electron chi connectivity index (χ0n) is 12.3. The minimum atomic E-state index is -1.04. The summed E-state index contributed by atoms with van der Waals surface area (Å²) >= 11 is 1.73. The zero-order valence-corrected chi connectivity index (χ0v) is 13.2. The van der Waals surface area contributed by atoms with Crippen LogP contribution in [0.1, 0.15) is 19.4 Å². The molecule has 0 aliphatic heterocycles. The predicted octanol–water partition coefficient (Wildman–Crippen LogP) is 2.12. The Bertz CT molecular complexity index is 453. The fourth-order valence-electron chi connectivity index (χ4n) is 1.81. The van der Waals surface area contributed by atoms with E-state index >= 15 is 0 Å². The number of urea groups is 1. The van der Waals surface area contributed by atoms with Crippen LogP contribution < -0.4 is 10.6 Å². The first-order chi connectivity index (χ1) is 10.0. The minimum absolute atomic E-state index is 0.00104. The maximum Gasteiger partial charge on any atom is 0.326 e. The van der Waals surface area contributed by atoms with Gasteiger partial charge in [0.2, 0.25) is 0 Å². The van der Waals surface area contributed by atoms with Crippen LogP contribution in [0.15, 0.2) is 30.3 Å². The van der Waals surface area contributed by atoms with E-state index in [-0.39, 0.29) is 12.5 Å². The van der Waals surface area contributed by atoms with Crippen LogP contribution in [0.3, 0.4) is 0 Å². The molecule has 0 spiro atoms. The van der Waals surface area contributed by atoms with Gasteiger partial charge in [0.1, 0.15) is 6.04 Å². The third kappa shape index (κ3) is 7.04. The molecule has 0 radical (unpaired) electrons. The van der Waals surface area contributed by atoms with E-state index in [0.717, 1.165) is 17.1 Å². The second kappa shape index (κ2) is 9.28. The molecule has 0 fully saturated rings. The lowest BCUT2D eigenvalue weighted by molar-refractivity contribution is -0.139. The number of carboxylic acids is 1. The molecule has 3 N–H and O–H groups in total. The Hall–Kier alpha value is -1.69. The molecule has 0 saturated heterocycles. The summed E-state index contributed by atoms with van der Waals surface area (Å²) in [5, 5.41) is 14.5. The van der Waals surface area contributed by atoms with Gasteiger partial charge >= 0.3 is 12.0 Å². The van der Waals surface area contributed by atoms with Crippen LogP contribution in [-0.2, 0) is 11.2 Å². The summed E-state index contributed by atoms with van der Waals surface area (Å²) in [4.78, 5) is 23.1. The number of carboxylic acid groups (broad SMARTS) is 1. The highest BCUT2D eigenvalue weighted by Gasteiger charge is 2.20. The van der Waals surface area contributed by atoms with E-state index in [2.05, 4.69) is 17.6 Å². The fourth-order valence-corrected chi connectivity index (χ4v) is 2.48. The molecule has 0 aromatic heterocycles. The highest BCUT2D eigenvalue weighted by atomic mass is 32.2. The largest absolute Gasteiger partial charge is 0.480 e. The van der Waals surface area contributed by atoms with Crippen LogP contribution in [0, 0.1) is 0 Å². The average Bonchev–Trinajstić information content (AvgIpc) is 2.45. The van der Waals surface area contributed by atoms with Gasteiger partial charge < -0.3 is 15.7 Å². The van der Waals surface area contributed by atoms with E-state index in [4.69, 9.17) is 0 Å². The minimum Gasteiger partial charge on any atom is -0.480 e. The number of carbonyl (C=O) groups excluding carboxylic acids is 1. The SMILES string of the molecule is CCSCC(C)NC(=O)NC(Cc1ccccc1)C(=O)O. The molecule has 2 amide bonds. The normalized spacial score (nSPS) is 13.2. The zero-order chi connectivity index (χ0) is 15.7. The Kier molecular flexibility index (Phi) is 7.68. The second-order valence-corrected chi connectivity index (χ2v) is 6.08. The van der Waals surface area contributed by atoms with Gasteiger partial charge in [0.05, 0.1) is 0 Å². The highest BCUT2D eigenvalue weighted by molar-refractivity contribution is 7.99. The fraction of sp³-hybridized carbons (Fsp3) is 0.467. The van der Waals surface area contributed by atoms with Crippen LogP contribution in [0.4, 0.5) is 4.79 Å². The number of aliphatic carboxylic acids is 1. The summed E-state index contributed by atoms with van der Waals surface area (Å²) in [6.07, 6.45) is 0.266. The molecule has 1 rings (SSSR count). The molecule has 21 heavy (non-hydrogen) atoms. The third-order valence-electron chi connectivity index (χ3n) is 2.84. The van der Waals surface area contributed by atoms with Crippen molar-refractivity contribution in [2.24, 2.45) is 0 Å². The Morgan fingerprint density at radius 2 is 1.90 bits per heavy atom. The summed E-state index contributed by atoms with van der Waals surface area (Å²) in [5.74, 6) is 0.754. The lowest BCUT2D eigenvalue weighted by Gasteiger charge is -2.18. The lowest BCUT2D eigenvalue weighted by Crippen LogP contribution is -2.49. The van der Waals surface area contributed by atoms with Gasteiger partial charge in [0, 0.05) is 18.2 Å². The average molecular weight is 310 g/mol. The van der Waals surface area contributed by atoms with Crippen LogP contribution >= 0.6 is 11.8 Å². The standard InChI is InChI=1S/C15H22N2O3S/c1-3-21-10-11(2)16-15(20)17-13(14(18)19)9-12-7-5-4-6-8-12/h4-8,11,13H,3,9-10H2,1-2H3,(H,18,19)(H2,16,17,20). The molecular weight excluding hydrogens is 288 g/mol. The summed E-state index contributed by atoms with van der Waals surface area (Å²) in [6.45, 7) is 3.95. The molecule has 5 nitrogen and oxygen atoms in total. The van der Waals surface area contributed by atoms with E-state index < -0.39 is 18.0 Å². The van der Waals surface area contributed by atoms with Crippen molar-refractivity contribution in [3.05, 3.63) is 35.9 Å². The number of benzene rings is 1. The van der Waals surface area contributed by atoms with Crippen molar-refractivity contribution in [1.29, 1.82) is 0 Å². The van der Waals surface area contributed by atoms with Gasteiger partial charge in [-0.25, -0.2) is 9.59 Å². The number of amides is 2. The number of thioether (sulfide) groups is 1. The van der Waals surface area contributed by atoms with Crippen molar-refractivity contribution in [1.82, 2.24) is 10.6 Å². The molecule has 0 saturated carbocycles. The number of rotatable bonds is 8. The van der Waals surface area contributed by atoms with E-state index in [1.165, 1.54) is 0 Å². The molecular formula is C15H22N2O3S. The van der Waals surface area contributed by atoms with E-state index in [1.807, 2.05) is 37.3 Å². The smallest absolute Gasteiger partial charge is 0.326 e. The van der Waals surface area contributed by atoms with Gasteiger partial charge in [-0.15, -0.1) is 0 Å². The quantitative estimate of drug-likeness (QED) is 0.687. The van der Waals surface area contributed by atoms with Crippen molar-refractivity contribution in [3.8, 4) is 0 Å². The maximum absolute atomic E-state index is 11.8. The Labute approximate surface area is 129 Å². The van der Waals surface area contributed by atoms with E-state index in [9.17, 15) is 14.7 Å². The summed E-state index contributed by atoms with van der Waals surface area (Å²) in [6, 6.07) is 7.87. The molecule has 0 bridgehead atoms. The van der Waals surface area contributed by atoms with Crippen LogP contribution in [0.2, 0.25) is 0 Å². The van der Waals surface area contributed by atoms with Gasteiger partial charge in [-0.3, -0.25) is 0 Å². The van der Waals surface area contributed by atoms with Crippen LogP contribution in [0.5, 0.6) is 0 Å². The Morgan fingerprint density at radius 3 is 2.48 bits per heavy atom. The van der Waals surface area contributed by atoms with E-state index in [1.54, 1.807) is 11.8 Å². The van der Waals surface area contributed by atoms with Gasteiger partial charge in [-0.05, 0) is 18.2 Å². The van der Waals surface area contributed by atoms with Crippen molar-refractivity contribution >= 4 is 23.8 Å². The molecule has 0 aliphatic rings. The molecule has 0 aliphatic carbocycles. The van der Waals surface area contributed by atoms with Crippen molar-refractivity contribution < 1.29 is 14.7 Å². The molecule has 2 unspecified atom stereocenters. The monoisotopic (exact) mass is 310 g/mol. The van der Waals surface area contributed by atoms with Gasteiger partial charge in [-0.1, -0.05) is 37.3 Å². The van der Waals surface area contributed by atoms with E-state index in [0.29, 0.717) is 0 Å². The number of hydrogen-bond donors (Lipinski definition) is 3. The van der Waals surface area contributed by atoms with Gasteiger partial charge in [-0.2, -0.15) is 11.8 Å². The number of carbonyl (C=O) groups is 2. The lowest BCUT2D eigenvalue weighted by atomic mass is 10.1. The van der Waals surface area contributed by atoms with Gasteiger partial charge in [0.15, 0.2) is 0 Å². The topological polar surface area (TPSA) is 78.4 Å². The molecule has 2 atom stereocenters. The van der Waals surface area contributed by atoms with Crippen molar-refractivity contribution in [2.75, 3.05) is 11.5 Å². The molecule has 0 heterocycles. The van der Waals surface area contributed by atoms with Crippen molar-refractivity contribution in [2.45, 2.75) is 32.4 Å². The van der Waals surface area contributed by atoms with Crippen LogP contribution in [-0.4, -0.2) is 40.7 Å².